The topological polar surface area (TPSA) is 117 Å². The van der Waals surface area contributed by atoms with Crippen molar-refractivity contribution in [3.05, 3.63) is 76.4 Å². The van der Waals surface area contributed by atoms with Crippen LogP contribution < -0.4 is 21.1 Å². The normalized spacial score (nSPS) is 13.7. The number of nitrogens with one attached hydrogen (secondary N) is 2. The van der Waals surface area contributed by atoms with E-state index in [2.05, 4.69) is 10.6 Å². The molecule has 1 aliphatic heterocycles. The van der Waals surface area contributed by atoms with Gasteiger partial charge in [-0.25, -0.2) is 14.2 Å². The Balaban J connectivity index is 1.67. The number of benzene rings is 2. The van der Waals surface area contributed by atoms with Crippen molar-refractivity contribution >= 4 is 34.9 Å². The molecule has 1 heterocycles. The van der Waals surface area contributed by atoms with E-state index in [1.165, 1.54) is 12.1 Å². The van der Waals surface area contributed by atoms with E-state index in [-0.39, 0.29) is 35.1 Å². The summed E-state index contributed by atoms with van der Waals surface area (Å²) in [6, 6.07) is 5.17. The minimum absolute atomic E-state index is 0.00342. The zero-order valence-corrected chi connectivity index (χ0v) is 17.2. The summed E-state index contributed by atoms with van der Waals surface area (Å²) in [7, 11) is 0. The van der Waals surface area contributed by atoms with Crippen molar-refractivity contribution < 1.29 is 37.1 Å². The monoisotopic (exact) mass is 486 g/mol. The van der Waals surface area contributed by atoms with Crippen molar-refractivity contribution in [2.75, 3.05) is 17.2 Å². The number of carbonyl (C=O) groups is 2. The minimum atomic E-state index is -4.72. The molecule has 0 saturated heterocycles. The van der Waals surface area contributed by atoms with E-state index >= 15 is 0 Å². The van der Waals surface area contributed by atoms with Crippen LogP contribution in [0.25, 0.3) is 0 Å². The van der Waals surface area contributed by atoms with Gasteiger partial charge < -0.3 is 21.1 Å². The molecule has 0 unspecified atom stereocenters. The molecule has 33 heavy (non-hydrogen) atoms. The number of rotatable bonds is 5. The summed E-state index contributed by atoms with van der Waals surface area (Å²) in [4.78, 5) is 23.4. The van der Waals surface area contributed by atoms with Gasteiger partial charge in [0.25, 0.3) is 5.91 Å². The van der Waals surface area contributed by atoms with Crippen molar-refractivity contribution in [1.82, 2.24) is 5.06 Å². The highest BCUT2D eigenvalue weighted by atomic mass is 35.5. The molecule has 0 radical (unpaired) electrons. The first-order valence-electron chi connectivity index (χ1n) is 9.04. The van der Waals surface area contributed by atoms with E-state index in [9.17, 15) is 32.4 Å². The molecular weight excluding hydrogens is 472 g/mol. The number of carbonyl (C=O) groups excluding carboxylic acids is 2. The van der Waals surface area contributed by atoms with Crippen LogP contribution in [0.2, 0.25) is 5.02 Å². The Hall–Kier alpha value is -3.77. The van der Waals surface area contributed by atoms with Gasteiger partial charge in [0.2, 0.25) is 0 Å². The number of allylic oxidation sites excluding steroid dienone is 1. The zero-order chi connectivity index (χ0) is 24.3. The summed E-state index contributed by atoms with van der Waals surface area (Å²) < 4.78 is 58.6. The number of nitrogens with zero attached hydrogens (tertiary/aromatic N) is 1. The van der Waals surface area contributed by atoms with Crippen LogP contribution in [0.3, 0.4) is 0 Å². The third kappa shape index (κ3) is 5.93. The molecule has 3 rings (SSSR count). The van der Waals surface area contributed by atoms with Crippen molar-refractivity contribution in [2.45, 2.75) is 6.18 Å². The fraction of sp³-hybridized carbons (Fsp3) is 0.100. The number of ether oxygens (including phenoxy) is 1. The van der Waals surface area contributed by atoms with Gasteiger partial charge in [0.15, 0.2) is 0 Å². The quantitative estimate of drug-likeness (QED) is 0.465. The number of hydroxylamine groups is 2. The summed E-state index contributed by atoms with van der Waals surface area (Å²) in [6.07, 6.45) is -2.15. The SMILES string of the molecule is NC(=O)C1=CC(Oc2ccc(NC(=O)Nc3ccc(Cl)c(C(F)(F)F)c3)c(F)c2)=CCN1O. The van der Waals surface area contributed by atoms with Crippen LogP contribution in [-0.4, -0.2) is 28.8 Å². The molecule has 0 bridgehead atoms. The Labute approximate surface area is 188 Å². The predicted molar refractivity (Wildman–Crippen MR) is 110 cm³/mol. The van der Waals surface area contributed by atoms with Crippen LogP contribution in [0.4, 0.5) is 33.7 Å². The largest absolute Gasteiger partial charge is 0.457 e. The first kappa shape index (κ1) is 23.9. The lowest BCUT2D eigenvalue weighted by molar-refractivity contribution is -0.137. The molecular formula is C20H15ClF4N4O4. The highest BCUT2D eigenvalue weighted by molar-refractivity contribution is 6.31. The van der Waals surface area contributed by atoms with Crippen LogP contribution in [0, 0.1) is 5.82 Å². The zero-order valence-electron chi connectivity index (χ0n) is 16.4. The predicted octanol–water partition coefficient (Wildman–Crippen LogP) is 4.48. The van der Waals surface area contributed by atoms with E-state index in [1.807, 2.05) is 0 Å². The van der Waals surface area contributed by atoms with Gasteiger partial charge in [-0.2, -0.15) is 13.2 Å². The molecule has 174 valence electrons. The van der Waals surface area contributed by atoms with Gasteiger partial charge in [-0.1, -0.05) is 11.6 Å². The number of alkyl halides is 3. The third-order valence-electron chi connectivity index (χ3n) is 4.23. The number of halogens is 5. The van der Waals surface area contributed by atoms with Crippen molar-refractivity contribution in [3.8, 4) is 5.75 Å². The van der Waals surface area contributed by atoms with Gasteiger partial charge in [0.05, 0.1) is 22.8 Å². The fourth-order valence-corrected chi connectivity index (χ4v) is 2.94. The maximum atomic E-state index is 14.4. The molecule has 13 heteroatoms. The number of hydrogen-bond donors (Lipinski definition) is 4. The van der Waals surface area contributed by atoms with Crippen molar-refractivity contribution in [3.63, 3.8) is 0 Å². The lowest BCUT2D eigenvalue weighted by atomic mass is 10.2. The van der Waals surface area contributed by atoms with Gasteiger partial charge in [-0.3, -0.25) is 10.0 Å². The molecule has 2 aromatic rings. The van der Waals surface area contributed by atoms with Gasteiger partial charge >= 0.3 is 12.2 Å². The number of nitrogens with two attached hydrogens (primary N) is 1. The maximum absolute atomic E-state index is 14.4. The number of primary amides is 1. The average Bonchev–Trinajstić information content (AvgIpc) is 2.72. The standard InChI is InChI=1S/C20H15ClF4N4O4/c21-14-3-1-10(7-13(14)20(23,24)25)27-19(31)28-16-4-2-11(8-15(16)22)33-12-5-6-29(32)17(9-12)18(26)30/h1-5,7-9,32H,6H2,(H2,26,30)(H2,27,28,31). The summed E-state index contributed by atoms with van der Waals surface area (Å²) in [5.74, 6) is -1.68. The fourth-order valence-electron chi connectivity index (χ4n) is 2.71. The summed E-state index contributed by atoms with van der Waals surface area (Å²) in [6.45, 7) is -0.0901. The molecule has 3 amide bonds. The molecule has 8 nitrogen and oxygen atoms in total. The molecule has 1 aliphatic rings. The second kappa shape index (κ2) is 9.38. The molecule has 0 saturated carbocycles. The number of hydrogen-bond acceptors (Lipinski definition) is 5. The first-order valence-corrected chi connectivity index (χ1v) is 9.42. The lowest BCUT2D eigenvalue weighted by Crippen LogP contribution is -2.31. The second-order valence-electron chi connectivity index (χ2n) is 6.60. The second-order valence-corrected chi connectivity index (χ2v) is 7.00. The summed E-state index contributed by atoms with van der Waals surface area (Å²) in [5, 5.41) is 14.0. The van der Waals surface area contributed by atoms with E-state index in [0.29, 0.717) is 11.1 Å². The third-order valence-corrected chi connectivity index (χ3v) is 4.56. The molecule has 0 atom stereocenters. The van der Waals surface area contributed by atoms with Crippen molar-refractivity contribution in [1.29, 1.82) is 0 Å². The van der Waals surface area contributed by atoms with E-state index in [4.69, 9.17) is 22.1 Å². The number of amides is 3. The van der Waals surface area contributed by atoms with Crippen LogP contribution in [-0.2, 0) is 11.0 Å². The van der Waals surface area contributed by atoms with Gasteiger partial charge in [-0.15, -0.1) is 0 Å². The smallest absolute Gasteiger partial charge is 0.417 e. The van der Waals surface area contributed by atoms with E-state index in [0.717, 1.165) is 30.3 Å². The Bertz CT molecular complexity index is 1170. The highest BCUT2D eigenvalue weighted by Gasteiger charge is 2.33. The first-order chi connectivity index (χ1) is 15.4. The van der Waals surface area contributed by atoms with Crippen LogP contribution in [0.15, 0.2) is 60.0 Å². The number of anilines is 2. The Kier molecular flexibility index (Phi) is 6.79. The van der Waals surface area contributed by atoms with E-state index in [1.54, 1.807) is 0 Å². The lowest BCUT2D eigenvalue weighted by Gasteiger charge is -2.21. The molecule has 0 fully saturated rings. The van der Waals surface area contributed by atoms with E-state index < -0.39 is 34.5 Å². The van der Waals surface area contributed by atoms with Gasteiger partial charge in [0, 0.05) is 17.8 Å². The van der Waals surface area contributed by atoms with Crippen molar-refractivity contribution in [2.24, 2.45) is 5.73 Å². The Morgan fingerprint density at radius 1 is 1.15 bits per heavy atom. The average molecular weight is 487 g/mol. The molecule has 2 aromatic carbocycles. The summed E-state index contributed by atoms with van der Waals surface area (Å²) in [5.41, 5.74) is 3.29. The van der Waals surface area contributed by atoms with Crippen LogP contribution >= 0.6 is 11.6 Å². The summed E-state index contributed by atoms with van der Waals surface area (Å²) >= 11 is 5.53. The maximum Gasteiger partial charge on any atom is 0.417 e. The molecule has 0 spiro atoms. The molecule has 0 aromatic heterocycles. The van der Waals surface area contributed by atoms with Gasteiger partial charge in [-0.05, 0) is 36.4 Å². The highest BCUT2D eigenvalue weighted by Crippen LogP contribution is 2.36. The van der Waals surface area contributed by atoms with Crippen LogP contribution in [0.5, 0.6) is 5.75 Å². The number of urea groups is 1. The van der Waals surface area contributed by atoms with Crippen LogP contribution in [0.1, 0.15) is 5.56 Å². The van der Waals surface area contributed by atoms with Gasteiger partial charge in [0.1, 0.15) is 23.0 Å². The Morgan fingerprint density at radius 2 is 1.88 bits per heavy atom. The molecule has 0 aliphatic carbocycles. The Morgan fingerprint density at radius 3 is 2.52 bits per heavy atom. The minimum Gasteiger partial charge on any atom is -0.457 e. The molecule has 5 N–H and O–H groups in total.